The Morgan fingerprint density at radius 3 is 1.64 bits per heavy atom. The molecule has 0 heteroatoms. The molecule has 0 aromatic heterocycles. The van der Waals surface area contributed by atoms with Crippen molar-refractivity contribution in [3.63, 3.8) is 0 Å². The van der Waals surface area contributed by atoms with Gasteiger partial charge in [0.2, 0.25) is 0 Å². The summed E-state index contributed by atoms with van der Waals surface area (Å²) >= 11 is 0. The van der Waals surface area contributed by atoms with E-state index in [4.69, 9.17) is 0 Å². The van der Waals surface area contributed by atoms with Crippen LogP contribution in [-0.4, -0.2) is 0 Å². The molecule has 0 saturated heterocycles. The summed E-state index contributed by atoms with van der Waals surface area (Å²) in [6, 6.07) is 0. The number of fused-ring (bicyclic) bond motifs is 2. The standard InChI is InChI=1S/C14H12/c1-8-4-11-10(3)12-5-9(2)7-14(12)13(11)6-8/h4-5H,1-3,6-7H2. The highest BCUT2D eigenvalue weighted by Crippen LogP contribution is 2.51. The van der Waals surface area contributed by atoms with E-state index in [1.165, 1.54) is 39.0 Å². The van der Waals surface area contributed by atoms with Crippen molar-refractivity contribution in [3.05, 3.63) is 70.9 Å². The van der Waals surface area contributed by atoms with E-state index >= 15 is 0 Å². The van der Waals surface area contributed by atoms with Crippen LogP contribution in [0.3, 0.4) is 0 Å². The van der Waals surface area contributed by atoms with E-state index in [2.05, 4.69) is 31.9 Å². The SMILES string of the molecule is C=C1C=C2C(=C)C3=CC(=C)CC3=C2C1. The third-order valence-electron chi connectivity index (χ3n) is 3.17. The maximum absolute atomic E-state index is 4.15. The molecule has 14 heavy (non-hydrogen) atoms. The molecule has 3 aliphatic carbocycles. The minimum atomic E-state index is 1.01. The molecule has 3 aliphatic rings. The molecule has 0 aliphatic heterocycles. The third kappa shape index (κ3) is 0.784. The van der Waals surface area contributed by atoms with Gasteiger partial charge in [-0.2, -0.15) is 0 Å². The Hall–Kier alpha value is -1.56. The molecule has 0 amide bonds. The number of rotatable bonds is 0. The van der Waals surface area contributed by atoms with Gasteiger partial charge in [-0.25, -0.2) is 0 Å². The van der Waals surface area contributed by atoms with Gasteiger partial charge in [-0.3, -0.25) is 0 Å². The van der Waals surface area contributed by atoms with E-state index in [-0.39, 0.29) is 0 Å². The molecule has 0 heterocycles. The zero-order valence-corrected chi connectivity index (χ0v) is 8.19. The molecule has 0 bridgehead atoms. The first-order valence-corrected chi connectivity index (χ1v) is 4.88. The van der Waals surface area contributed by atoms with Crippen LogP contribution in [0.25, 0.3) is 0 Å². The summed E-state index contributed by atoms with van der Waals surface area (Å²) < 4.78 is 0. The van der Waals surface area contributed by atoms with Gasteiger partial charge >= 0.3 is 0 Å². The van der Waals surface area contributed by atoms with E-state index < -0.39 is 0 Å². The predicted octanol–water partition coefficient (Wildman–Crippen LogP) is 3.63. The highest BCUT2D eigenvalue weighted by atomic mass is 14.4. The molecule has 0 saturated carbocycles. The van der Waals surface area contributed by atoms with Crippen molar-refractivity contribution in [2.45, 2.75) is 12.8 Å². The second-order valence-corrected chi connectivity index (χ2v) is 4.22. The lowest BCUT2D eigenvalue weighted by Gasteiger charge is -1.98. The van der Waals surface area contributed by atoms with E-state index in [1.54, 1.807) is 0 Å². The molecule has 0 aromatic rings. The fourth-order valence-electron chi connectivity index (χ4n) is 2.55. The van der Waals surface area contributed by atoms with Gasteiger partial charge in [0.1, 0.15) is 0 Å². The van der Waals surface area contributed by atoms with Crippen LogP contribution < -0.4 is 0 Å². The minimum Gasteiger partial charge on any atom is -0.0955 e. The van der Waals surface area contributed by atoms with Crippen LogP contribution in [0, 0.1) is 0 Å². The second-order valence-electron chi connectivity index (χ2n) is 4.22. The van der Waals surface area contributed by atoms with E-state index in [0.717, 1.165) is 12.8 Å². The van der Waals surface area contributed by atoms with Gasteiger partial charge in [0.05, 0.1) is 0 Å². The Kier molecular flexibility index (Phi) is 1.27. The van der Waals surface area contributed by atoms with Crippen molar-refractivity contribution in [1.29, 1.82) is 0 Å². The lowest BCUT2D eigenvalue weighted by atomic mass is 10.1. The van der Waals surface area contributed by atoms with Crippen LogP contribution in [0.2, 0.25) is 0 Å². The summed E-state index contributed by atoms with van der Waals surface area (Å²) in [4.78, 5) is 0. The predicted molar refractivity (Wildman–Crippen MR) is 59.8 cm³/mol. The van der Waals surface area contributed by atoms with E-state index in [9.17, 15) is 0 Å². The molecule has 0 N–H and O–H groups in total. The lowest BCUT2D eigenvalue weighted by Crippen LogP contribution is -1.80. The van der Waals surface area contributed by atoms with E-state index in [1.807, 2.05) is 0 Å². The monoisotopic (exact) mass is 180 g/mol. The summed E-state index contributed by atoms with van der Waals surface area (Å²) in [5.74, 6) is 0. The van der Waals surface area contributed by atoms with Gasteiger partial charge < -0.3 is 0 Å². The first-order chi connectivity index (χ1) is 6.66. The van der Waals surface area contributed by atoms with Crippen molar-refractivity contribution < 1.29 is 0 Å². The Morgan fingerprint density at radius 1 is 0.786 bits per heavy atom. The van der Waals surface area contributed by atoms with Crippen LogP contribution >= 0.6 is 0 Å². The molecule has 0 fully saturated rings. The molecular formula is C14H12. The molecular weight excluding hydrogens is 168 g/mol. The first kappa shape index (κ1) is 7.81. The quantitative estimate of drug-likeness (QED) is 0.534. The van der Waals surface area contributed by atoms with Crippen molar-refractivity contribution >= 4 is 0 Å². The Labute approximate surface area is 84.3 Å². The molecule has 0 spiro atoms. The second kappa shape index (κ2) is 2.27. The molecule has 0 atom stereocenters. The summed E-state index contributed by atoms with van der Waals surface area (Å²) in [6.07, 6.45) is 6.36. The average Bonchev–Trinajstić information content (AvgIpc) is 2.71. The van der Waals surface area contributed by atoms with Gasteiger partial charge in [0.25, 0.3) is 0 Å². The molecule has 3 rings (SSSR count). The molecule has 68 valence electrons. The normalized spacial score (nSPS) is 24.1. The van der Waals surface area contributed by atoms with Gasteiger partial charge in [0, 0.05) is 0 Å². The van der Waals surface area contributed by atoms with Crippen LogP contribution in [0.15, 0.2) is 70.9 Å². The van der Waals surface area contributed by atoms with Crippen LogP contribution in [-0.2, 0) is 0 Å². The lowest BCUT2D eigenvalue weighted by molar-refractivity contribution is 1.17. The fraction of sp³-hybridized carbons (Fsp3) is 0.143. The molecule has 0 radical (unpaired) electrons. The molecule has 0 nitrogen and oxygen atoms in total. The van der Waals surface area contributed by atoms with Crippen molar-refractivity contribution in [2.75, 3.05) is 0 Å². The zero-order valence-electron chi connectivity index (χ0n) is 8.19. The summed E-state index contributed by atoms with van der Waals surface area (Å²) in [7, 11) is 0. The van der Waals surface area contributed by atoms with E-state index in [0.29, 0.717) is 0 Å². The summed E-state index contributed by atoms with van der Waals surface area (Å²) in [5, 5.41) is 0. The average molecular weight is 180 g/mol. The summed E-state index contributed by atoms with van der Waals surface area (Å²) in [5.41, 5.74) is 9.13. The highest BCUT2D eigenvalue weighted by molar-refractivity contribution is 5.78. The van der Waals surface area contributed by atoms with Crippen molar-refractivity contribution in [3.8, 4) is 0 Å². The van der Waals surface area contributed by atoms with Crippen LogP contribution in [0.4, 0.5) is 0 Å². The van der Waals surface area contributed by atoms with Gasteiger partial charge in [-0.05, 0) is 40.7 Å². The smallest absolute Gasteiger partial charge is 0.00222 e. The first-order valence-electron chi connectivity index (χ1n) is 4.88. The van der Waals surface area contributed by atoms with Crippen molar-refractivity contribution in [2.24, 2.45) is 0 Å². The molecule has 0 aromatic carbocycles. The minimum absolute atomic E-state index is 1.01. The summed E-state index contributed by atoms with van der Waals surface area (Å²) in [6.45, 7) is 12.2. The van der Waals surface area contributed by atoms with Gasteiger partial charge in [-0.1, -0.05) is 43.0 Å². The fourth-order valence-corrected chi connectivity index (χ4v) is 2.55. The largest absolute Gasteiger partial charge is 0.0955 e. The van der Waals surface area contributed by atoms with Crippen LogP contribution in [0.5, 0.6) is 0 Å². The highest BCUT2D eigenvalue weighted by Gasteiger charge is 2.33. The number of allylic oxidation sites excluding steroid dienone is 9. The van der Waals surface area contributed by atoms with Crippen LogP contribution in [0.1, 0.15) is 12.8 Å². The maximum atomic E-state index is 4.15. The van der Waals surface area contributed by atoms with Gasteiger partial charge in [-0.15, -0.1) is 0 Å². The van der Waals surface area contributed by atoms with Crippen molar-refractivity contribution in [1.82, 2.24) is 0 Å². The number of hydrogen-bond donors (Lipinski definition) is 0. The topological polar surface area (TPSA) is 0 Å². The third-order valence-corrected chi connectivity index (χ3v) is 3.17. The van der Waals surface area contributed by atoms with Gasteiger partial charge in [0.15, 0.2) is 0 Å². The Morgan fingerprint density at radius 2 is 1.21 bits per heavy atom. The maximum Gasteiger partial charge on any atom is -0.00222 e. The Bertz CT molecular complexity index is 446. The Balaban J connectivity index is 2.24. The molecule has 0 unspecified atom stereocenters. The zero-order chi connectivity index (χ0) is 9.87. The number of hydrogen-bond acceptors (Lipinski definition) is 0.